The standard InChI is InChI=1S/C19H39FO/c1-5-7-9-11-13-19(14-12-10-8-6-2)16-21-18(4)15-17(3)20/h17-19H,5-16H2,1-4H3. The third kappa shape index (κ3) is 14.6. The lowest BCUT2D eigenvalue weighted by Crippen LogP contribution is -2.18. The minimum atomic E-state index is -0.757. The summed E-state index contributed by atoms with van der Waals surface area (Å²) in [4.78, 5) is 0. The lowest BCUT2D eigenvalue weighted by atomic mass is 9.95. The molecular weight excluding hydrogens is 263 g/mol. The van der Waals surface area contributed by atoms with E-state index in [4.69, 9.17) is 4.74 Å². The molecule has 0 saturated heterocycles. The summed E-state index contributed by atoms with van der Waals surface area (Å²) in [6.45, 7) is 8.95. The highest BCUT2D eigenvalue weighted by Crippen LogP contribution is 2.20. The van der Waals surface area contributed by atoms with Crippen molar-refractivity contribution in [3.05, 3.63) is 0 Å². The highest BCUT2D eigenvalue weighted by Gasteiger charge is 2.13. The van der Waals surface area contributed by atoms with Crippen molar-refractivity contribution in [1.82, 2.24) is 0 Å². The van der Waals surface area contributed by atoms with Crippen molar-refractivity contribution in [3.63, 3.8) is 0 Å². The molecule has 0 rings (SSSR count). The fourth-order valence-corrected chi connectivity index (χ4v) is 2.86. The second-order valence-corrected chi connectivity index (χ2v) is 6.73. The van der Waals surface area contributed by atoms with Gasteiger partial charge in [0.2, 0.25) is 0 Å². The fourth-order valence-electron chi connectivity index (χ4n) is 2.86. The second-order valence-electron chi connectivity index (χ2n) is 6.73. The van der Waals surface area contributed by atoms with Gasteiger partial charge in [-0.1, -0.05) is 65.2 Å². The van der Waals surface area contributed by atoms with Gasteiger partial charge >= 0.3 is 0 Å². The molecule has 0 aliphatic heterocycles. The summed E-state index contributed by atoms with van der Waals surface area (Å²) in [6, 6.07) is 0. The minimum Gasteiger partial charge on any atom is -0.378 e. The predicted molar refractivity (Wildman–Crippen MR) is 91.6 cm³/mol. The summed E-state index contributed by atoms with van der Waals surface area (Å²) in [5.74, 6) is 0.677. The van der Waals surface area contributed by atoms with Crippen molar-refractivity contribution in [2.75, 3.05) is 6.61 Å². The van der Waals surface area contributed by atoms with Crippen LogP contribution in [0.25, 0.3) is 0 Å². The first-order valence-electron chi connectivity index (χ1n) is 9.35. The number of unbranched alkanes of at least 4 members (excludes halogenated alkanes) is 6. The zero-order chi connectivity index (χ0) is 15.9. The first-order chi connectivity index (χ1) is 10.1. The molecular formula is C19H39FO. The van der Waals surface area contributed by atoms with Crippen molar-refractivity contribution in [2.24, 2.45) is 5.92 Å². The van der Waals surface area contributed by atoms with Crippen LogP contribution >= 0.6 is 0 Å². The van der Waals surface area contributed by atoms with Crippen LogP contribution in [0.15, 0.2) is 0 Å². The molecule has 0 aliphatic carbocycles. The van der Waals surface area contributed by atoms with Gasteiger partial charge in [0.1, 0.15) is 0 Å². The van der Waals surface area contributed by atoms with Crippen LogP contribution in [-0.4, -0.2) is 18.9 Å². The summed E-state index contributed by atoms with van der Waals surface area (Å²) in [6.07, 6.45) is 13.0. The Morgan fingerprint density at radius 1 is 0.810 bits per heavy atom. The van der Waals surface area contributed by atoms with E-state index in [9.17, 15) is 4.39 Å². The first-order valence-corrected chi connectivity index (χ1v) is 9.35. The quantitative estimate of drug-likeness (QED) is 0.306. The van der Waals surface area contributed by atoms with Crippen molar-refractivity contribution in [1.29, 1.82) is 0 Å². The maximum Gasteiger partial charge on any atom is 0.0998 e. The van der Waals surface area contributed by atoms with Crippen LogP contribution in [0.3, 0.4) is 0 Å². The van der Waals surface area contributed by atoms with Gasteiger partial charge in [0, 0.05) is 13.0 Å². The minimum absolute atomic E-state index is 0.0544. The van der Waals surface area contributed by atoms with Gasteiger partial charge in [0.05, 0.1) is 12.3 Å². The Labute approximate surface area is 133 Å². The van der Waals surface area contributed by atoms with E-state index in [1.165, 1.54) is 64.2 Å². The summed E-state index contributed by atoms with van der Waals surface area (Å²) >= 11 is 0. The maximum absolute atomic E-state index is 13.0. The van der Waals surface area contributed by atoms with Gasteiger partial charge in [0.15, 0.2) is 0 Å². The first kappa shape index (κ1) is 20.9. The molecule has 0 bridgehead atoms. The van der Waals surface area contributed by atoms with Crippen molar-refractivity contribution < 1.29 is 9.13 Å². The molecule has 0 aromatic heterocycles. The molecule has 0 radical (unpaired) electrons. The topological polar surface area (TPSA) is 9.23 Å². The second kappa shape index (κ2) is 14.8. The van der Waals surface area contributed by atoms with E-state index in [0.717, 1.165) is 6.61 Å². The molecule has 0 aromatic rings. The number of alkyl halides is 1. The summed E-state index contributed by atoms with van der Waals surface area (Å²) in [7, 11) is 0. The number of halogens is 1. The van der Waals surface area contributed by atoms with Crippen molar-refractivity contribution >= 4 is 0 Å². The van der Waals surface area contributed by atoms with Crippen LogP contribution in [0.2, 0.25) is 0 Å². The van der Waals surface area contributed by atoms with Crippen LogP contribution in [0.1, 0.15) is 98.3 Å². The van der Waals surface area contributed by atoms with Gasteiger partial charge in [-0.25, -0.2) is 4.39 Å². The lowest BCUT2D eigenvalue weighted by molar-refractivity contribution is 0.0189. The Hall–Kier alpha value is -0.110. The normalized spacial score (nSPS) is 14.6. The molecule has 2 unspecified atom stereocenters. The Bertz CT molecular complexity index is 194. The third-order valence-electron chi connectivity index (χ3n) is 4.21. The molecule has 0 saturated carbocycles. The zero-order valence-electron chi connectivity index (χ0n) is 15.0. The summed E-state index contributed by atoms with van der Waals surface area (Å²) < 4.78 is 18.9. The van der Waals surface area contributed by atoms with E-state index >= 15 is 0 Å². The number of ether oxygens (including phenoxy) is 1. The number of rotatable bonds is 15. The van der Waals surface area contributed by atoms with Gasteiger partial charge in [-0.3, -0.25) is 0 Å². The highest BCUT2D eigenvalue weighted by molar-refractivity contribution is 4.63. The smallest absolute Gasteiger partial charge is 0.0998 e. The van der Waals surface area contributed by atoms with E-state index < -0.39 is 6.17 Å². The molecule has 21 heavy (non-hydrogen) atoms. The van der Waals surface area contributed by atoms with Crippen LogP contribution in [-0.2, 0) is 4.74 Å². The average Bonchev–Trinajstić information content (AvgIpc) is 2.43. The van der Waals surface area contributed by atoms with Crippen LogP contribution < -0.4 is 0 Å². The van der Waals surface area contributed by atoms with Crippen LogP contribution in [0, 0.1) is 5.92 Å². The van der Waals surface area contributed by atoms with Gasteiger partial charge < -0.3 is 4.74 Å². The number of hydrogen-bond donors (Lipinski definition) is 0. The van der Waals surface area contributed by atoms with E-state index in [1.54, 1.807) is 6.92 Å². The van der Waals surface area contributed by atoms with E-state index in [0.29, 0.717) is 12.3 Å². The Kier molecular flexibility index (Phi) is 14.7. The van der Waals surface area contributed by atoms with E-state index in [1.807, 2.05) is 6.92 Å². The molecule has 2 heteroatoms. The van der Waals surface area contributed by atoms with Gasteiger partial charge in [0.25, 0.3) is 0 Å². The predicted octanol–water partition coefficient (Wildman–Crippen LogP) is 6.70. The summed E-state index contributed by atoms with van der Waals surface area (Å²) in [5.41, 5.74) is 0. The molecule has 0 N–H and O–H groups in total. The molecule has 0 heterocycles. The molecule has 1 nitrogen and oxygen atoms in total. The van der Waals surface area contributed by atoms with Crippen LogP contribution in [0.4, 0.5) is 4.39 Å². The third-order valence-corrected chi connectivity index (χ3v) is 4.21. The van der Waals surface area contributed by atoms with E-state index in [2.05, 4.69) is 13.8 Å². The van der Waals surface area contributed by atoms with Gasteiger partial charge in [-0.05, 0) is 32.6 Å². The zero-order valence-corrected chi connectivity index (χ0v) is 15.0. The Morgan fingerprint density at radius 3 is 1.76 bits per heavy atom. The largest absolute Gasteiger partial charge is 0.378 e. The van der Waals surface area contributed by atoms with Crippen molar-refractivity contribution in [3.8, 4) is 0 Å². The van der Waals surface area contributed by atoms with E-state index in [-0.39, 0.29) is 6.10 Å². The van der Waals surface area contributed by atoms with Gasteiger partial charge in [-0.2, -0.15) is 0 Å². The van der Waals surface area contributed by atoms with Gasteiger partial charge in [-0.15, -0.1) is 0 Å². The summed E-state index contributed by atoms with van der Waals surface area (Å²) in [5, 5.41) is 0. The maximum atomic E-state index is 13.0. The molecule has 0 aromatic carbocycles. The molecule has 0 amide bonds. The molecule has 0 spiro atoms. The van der Waals surface area contributed by atoms with Crippen LogP contribution in [0.5, 0.6) is 0 Å². The molecule has 0 aliphatic rings. The Morgan fingerprint density at radius 2 is 1.33 bits per heavy atom. The fraction of sp³-hybridized carbons (Fsp3) is 1.00. The number of hydrogen-bond acceptors (Lipinski definition) is 1. The average molecular weight is 303 g/mol. The highest BCUT2D eigenvalue weighted by atomic mass is 19.1. The Balaban J connectivity index is 3.92. The molecule has 2 atom stereocenters. The SMILES string of the molecule is CCCCCCC(CCCCCC)COC(C)CC(C)F. The lowest BCUT2D eigenvalue weighted by Gasteiger charge is -2.21. The van der Waals surface area contributed by atoms with Crippen molar-refractivity contribution in [2.45, 2.75) is 111 Å². The monoisotopic (exact) mass is 302 g/mol. The molecule has 128 valence electrons. The molecule has 0 fully saturated rings.